The van der Waals surface area contributed by atoms with Gasteiger partial charge in [0.15, 0.2) is 12.4 Å². The van der Waals surface area contributed by atoms with Gasteiger partial charge in [-0.15, -0.1) is 0 Å². The molecule has 4 heteroatoms. The number of halogens is 1. The molecule has 0 aromatic carbocycles. The van der Waals surface area contributed by atoms with Crippen molar-refractivity contribution in [3.63, 3.8) is 0 Å². The Bertz CT molecular complexity index is 212. The topological polar surface area (TPSA) is 40.2 Å². The van der Waals surface area contributed by atoms with E-state index in [1.54, 1.807) is 6.20 Å². The molecule has 0 radical (unpaired) electrons. The van der Waals surface area contributed by atoms with E-state index in [0.29, 0.717) is 4.99 Å². The third-order valence-electron chi connectivity index (χ3n) is 0.992. The van der Waals surface area contributed by atoms with E-state index in [1.807, 2.05) is 18.3 Å². The molecule has 1 aromatic heterocycles. The van der Waals surface area contributed by atoms with E-state index in [4.69, 9.17) is 18.0 Å². The Kier molecular flexibility index (Phi) is 4.46. The Morgan fingerprint density at radius 2 is 2.30 bits per heavy atom. The molecule has 0 bridgehead atoms. The van der Waals surface area contributed by atoms with E-state index in [-0.39, 0.29) is 24.0 Å². The number of nitrogens with two attached hydrogens (primary N) is 1. The maximum atomic E-state index is 5.33. The maximum absolute atomic E-state index is 5.33. The first-order valence-electron chi connectivity index (χ1n) is 2.56. The second kappa shape index (κ2) is 4.56. The zero-order valence-corrected chi connectivity index (χ0v) is 8.15. The fraction of sp³-hybridized carbons (Fsp3) is 0. The summed E-state index contributed by atoms with van der Waals surface area (Å²) in [6.07, 6.45) is 3.57. The molecule has 2 nitrogen and oxygen atoms in total. The van der Waals surface area contributed by atoms with Gasteiger partial charge in [0, 0.05) is 6.07 Å². The molecule has 54 valence electrons. The van der Waals surface area contributed by atoms with Crippen LogP contribution in [0.15, 0.2) is 24.5 Å². The lowest BCUT2D eigenvalue weighted by atomic mass is 10.3. The van der Waals surface area contributed by atoms with Crippen molar-refractivity contribution in [3.8, 4) is 0 Å². The highest BCUT2D eigenvalue weighted by atomic mass is 127. The van der Waals surface area contributed by atoms with Crippen molar-refractivity contribution in [2.75, 3.05) is 0 Å². The summed E-state index contributed by atoms with van der Waals surface area (Å²) in [5.41, 5.74) is 6.19. The van der Waals surface area contributed by atoms with Crippen molar-refractivity contribution >= 4 is 17.2 Å². The molecule has 0 aliphatic carbocycles. The van der Waals surface area contributed by atoms with E-state index < -0.39 is 0 Å². The smallest absolute Gasteiger partial charge is 0.177 e. The minimum absolute atomic E-state index is 0. The molecule has 0 aliphatic heterocycles. The van der Waals surface area contributed by atoms with E-state index in [1.165, 1.54) is 0 Å². The summed E-state index contributed by atoms with van der Waals surface area (Å²) in [7, 11) is 0. The quantitative estimate of drug-likeness (QED) is 0.439. The minimum Gasteiger partial charge on any atom is -1.00 e. The Morgan fingerprint density at radius 3 is 2.60 bits per heavy atom. The Hall–Kier alpha value is -0.230. The van der Waals surface area contributed by atoms with Crippen molar-refractivity contribution in [2.45, 2.75) is 0 Å². The molecular formula is C6H7IN2S. The molecule has 0 fully saturated rings. The number of pyridine rings is 1. The second-order valence-electron chi connectivity index (χ2n) is 1.66. The summed E-state index contributed by atoms with van der Waals surface area (Å²) in [6, 6.07) is 3.72. The van der Waals surface area contributed by atoms with Gasteiger partial charge in [-0.1, -0.05) is 12.2 Å². The van der Waals surface area contributed by atoms with E-state index in [2.05, 4.69) is 4.98 Å². The number of thiocarbonyl (C=S) groups is 1. The number of nitrogens with one attached hydrogen (secondary N) is 1. The molecule has 1 aromatic rings. The Morgan fingerprint density at radius 1 is 1.60 bits per heavy atom. The standard InChI is InChI=1S/C6H6N2S.HI/c7-6(9)5-2-1-3-8-4-5;/h1-4H,(H2,7,9);1H. The van der Waals surface area contributed by atoms with Crippen LogP contribution in [0, 0.1) is 0 Å². The van der Waals surface area contributed by atoms with Crippen LogP contribution in [0.25, 0.3) is 0 Å². The predicted molar refractivity (Wildman–Crippen MR) is 38.9 cm³/mol. The van der Waals surface area contributed by atoms with Gasteiger partial charge in [-0.25, -0.2) is 4.98 Å². The zero-order chi connectivity index (χ0) is 6.69. The first kappa shape index (κ1) is 9.77. The van der Waals surface area contributed by atoms with Gasteiger partial charge in [0.25, 0.3) is 0 Å². The number of hydrogen-bond acceptors (Lipinski definition) is 1. The highest BCUT2D eigenvalue weighted by Crippen LogP contribution is 1.90. The Balaban J connectivity index is 0.000000810. The van der Waals surface area contributed by atoms with E-state index in [0.717, 1.165) is 5.56 Å². The van der Waals surface area contributed by atoms with Crippen molar-refractivity contribution in [1.82, 2.24) is 0 Å². The van der Waals surface area contributed by atoms with Gasteiger partial charge in [-0.05, 0) is 6.07 Å². The lowest BCUT2D eigenvalue weighted by Gasteiger charge is -1.88. The molecule has 0 saturated carbocycles. The zero-order valence-electron chi connectivity index (χ0n) is 5.17. The first-order valence-corrected chi connectivity index (χ1v) is 2.97. The molecule has 1 rings (SSSR count). The minimum atomic E-state index is 0. The summed E-state index contributed by atoms with van der Waals surface area (Å²) in [5, 5.41) is 0. The summed E-state index contributed by atoms with van der Waals surface area (Å²) < 4.78 is 0. The highest BCUT2D eigenvalue weighted by Gasteiger charge is 1.94. The molecular weight excluding hydrogens is 259 g/mol. The number of aromatic nitrogens is 1. The first-order chi connectivity index (χ1) is 4.30. The van der Waals surface area contributed by atoms with Crippen molar-refractivity contribution < 1.29 is 29.0 Å². The van der Waals surface area contributed by atoms with Gasteiger partial charge in [-0.3, -0.25) is 0 Å². The van der Waals surface area contributed by atoms with Crippen LogP contribution in [0.3, 0.4) is 0 Å². The molecule has 0 atom stereocenters. The highest BCUT2D eigenvalue weighted by molar-refractivity contribution is 7.80. The molecule has 0 spiro atoms. The lowest BCUT2D eigenvalue weighted by Crippen LogP contribution is -3.00. The summed E-state index contributed by atoms with van der Waals surface area (Å²) in [5.74, 6) is 0. The average Bonchev–Trinajstić information content (AvgIpc) is 1.90. The average molecular weight is 266 g/mol. The summed E-state index contributed by atoms with van der Waals surface area (Å²) in [6.45, 7) is 0. The van der Waals surface area contributed by atoms with Gasteiger partial charge in [0.1, 0.15) is 4.99 Å². The van der Waals surface area contributed by atoms with Crippen molar-refractivity contribution in [1.29, 1.82) is 0 Å². The third-order valence-corrected chi connectivity index (χ3v) is 1.23. The molecule has 3 N–H and O–H groups in total. The van der Waals surface area contributed by atoms with Crippen LogP contribution in [-0.2, 0) is 0 Å². The summed E-state index contributed by atoms with van der Waals surface area (Å²) >= 11 is 4.72. The summed E-state index contributed by atoms with van der Waals surface area (Å²) in [4.78, 5) is 3.30. The number of H-pyrrole nitrogens is 1. The van der Waals surface area contributed by atoms with Crippen LogP contribution in [0.2, 0.25) is 0 Å². The maximum Gasteiger partial charge on any atom is 0.177 e. The SMILES string of the molecule is NC(=S)c1ccc[nH+]c1.[I-]. The van der Waals surface area contributed by atoms with Gasteiger partial charge in [0.2, 0.25) is 0 Å². The van der Waals surface area contributed by atoms with Gasteiger partial charge in [-0.2, -0.15) is 0 Å². The largest absolute Gasteiger partial charge is 1.00 e. The van der Waals surface area contributed by atoms with Crippen LogP contribution in [-0.4, -0.2) is 4.99 Å². The van der Waals surface area contributed by atoms with E-state index in [9.17, 15) is 0 Å². The normalized spacial score (nSPS) is 8.00. The fourth-order valence-electron chi connectivity index (χ4n) is 0.547. The molecule has 0 amide bonds. The van der Waals surface area contributed by atoms with Gasteiger partial charge < -0.3 is 29.7 Å². The monoisotopic (exact) mass is 266 g/mol. The molecule has 0 saturated heterocycles. The fourth-order valence-corrected chi connectivity index (χ4v) is 0.674. The van der Waals surface area contributed by atoms with Gasteiger partial charge >= 0.3 is 0 Å². The lowest BCUT2D eigenvalue weighted by molar-refractivity contribution is -0.378. The number of aromatic amines is 1. The third kappa shape index (κ3) is 2.57. The van der Waals surface area contributed by atoms with Crippen LogP contribution in [0.1, 0.15) is 5.56 Å². The van der Waals surface area contributed by atoms with Crippen LogP contribution in [0.5, 0.6) is 0 Å². The Labute approximate surface area is 81.9 Å². The molecule has 10 heavy (non-hydrogen) atoms. The van der Waals surface area contributed by atoms with Crippen LogP contribution >= 0.6 is 12.2 Å². The second-order valence-corrected chi connectivity index (χ2v) is 2.10. The molecule has 0 unspecified atom stereocenters. The number of rotatable bonds is 1. The molecule has 1 heterocycles. The van der Waals surface area contributed by atoms with Crippen LogP contribution in [0.4, 0.5) is 0 Å². The molecule has 0 aliphatic rings. The van der Waals surface area contributed by atoms with Gasteiger partial charge in [0.05, 0.1) is 5.56 Å². The van der Waals surface area contributed by atoms with E-state index >= 15 is 0 Å². The number of hydrogen-bond donors (Lipinski definition) is 1. The predicted octanol–water partition coefficient (Wildman–Crippen LogP) is -2.86. The van der Waals surface area contributed by atoms with Crippen LogP contribution < -0.4 is 34.7 Å². The van der Waals surface area contributed by atoms with Crippen molar-refractivity contribution in [3.05, 3.63) is 30.1 Å². The van der Waals surface area contributed by atoms with Crippen molar-refractivity contribution in [2.24, 2.45) is 5.73 Å².